The molecular weight excluding hydrogens is 362 g/mol. The molecule has 0 aliphatic carbocycles. The zero-order chi connectivity index (χ0) is 20.5. The van der Waals surface area contributed by atoms with Gasteiger partial charge in [0.2, 0.25) is 0 Å². The van der Waals surface area contributed by atoms with Crippen LogP contribution in [0.4, 0.5) is 0 Å². The summed E-state index contributed by atoms with van der Waals surface area (Å²) < 4.78 is 17.9. The van der Waals surface area contributed by atoms with Gasteiger partial charge in [-0.1, -0.05) is 12.1 Å². The van der Waals surface area contributed by atoms with Crippen molar-refractivity contribution in [2.75, 3.05) is 7.11 Å². The highest BCUT2D eigenvalue weighted by molar-refractivity contribution is 5.93. The predicted molar refractivity (Wildman–Crippen MR) is 101 cm³/mol. The molecule has 1 saturated heterocycles. The van der Waals surface area contributed by atoms with E-state index >= 15 is 0 Å². The Morgan fingerprint density at radius 2 is 1.93 bits per heavy atom. The predicted octanol–water partition coefficient (Wildman–Crippen LogP) is 2.13. The molecule has 0 unspecified atom stereocenters. The van der Waals surface area contributed by atoms with E-state index in [1.54, 1.807) is 24.7 Å². The van der Waals surface area contributed by atoms with Crippen LogP contribution in [0.25, 0.3) is 5.69 Å². The number of ether oxygens (including phenoxy) is 3. The second-order valence-electron chi connectivity index (χ2n) is 7.37. The normalized spacial score (nSPS) is 24.5. The Balaban J connectivity index is 1.75. The summed E-state index contributed by atoms with van der Waals surface area (Å²) in [6.07, 6.45) is 2.41. The van der Waals surface area contributed by atoms with Crippen molar-refractivity contribution >= 4 is 11.9 Å². The van der Waals surface area contributed by atoms with Crippen LogP contribution in [0.15, 0.2) is 42.7 Å². The maximum atomic E-state index is 13.0. The maximum absolute atomic E-state index is 13.0. The summed E-state index contributed by atoms with van der Waals surface area (Å²) in [5.74, 6) is -2.18. The molecule has 1 aromatic carbocycles. The largest absolute Gasteiger partial charge is 0.467 e. The van der Waals surface area contributed by atoms with Gasteiger partial charge in [-0.25, -0.2) is 9.48 Å². The minimum Gasteiger partial charge on any atom is -0.467 e. The van der Waals surface area contributed by atoms with E-state index in [4.69, 9.17) is 14.2 Å². The van der Waals surface area contributed by atoms with Crippen molar-refractivity contribution in [3.05, 3.63) is 48.3 Å². The van der Waals surface area contributed by atoms with Crippen LogP contribution in [0.3, 0.4) is 0 Å². The Kier molecular flexibility index (Phi) is 5.27. The molecule has 1 aromatic heterocycles. The molecule has 0 radical (unpaired) electrons. The Labute approximate surface area is 163 Å². The van der Waals surface area contributed by atoms with E-state index in [-0.39, 0.29) is 6.04 Å². The maximum Gasteiger partial charge on any atom is 0.338 e. The Morgan fingerprint density at radius 3 is 2.50 bits per heavy atom. The van der Waals surface area contributed by atoms with E-state index in [1.165, 1.54) is 14.0 Å². The first-order chi connectivity index (χ1) is 13.2. The van der Waals surface area contributed by atoms with Crippen LogP contribution in [-0.2, 0) is 23.8 Å². The van der Waals surface area contributed by atoms with Crippen molar-refractivity contribution in [1.82, 2.24) is 15.1 Å². The van der Waals surface area contributed by atoms with Crippen molar-refractivity contribution in [1.29, 1.82) is 0 Å². The van der Waals surface area contributed by atoms with E-state index in [2.05, 4.69) is 10.4 Å². The first-order valence-electron chi connectivity index (χ1n) is 9.03. The number of nitrogens with one attached hydrogen (secondary N) is 1. The van der Waals surface area contributed by atoms with E-state index in [0.717, 1.165) is 11.3 Å². The van der Waals surface area contributed by atoms with Crippen molar-refractivity contribution in [2.45, 2.75) is 51.2 Å². The van der Waals surface area contributed by atoms with E-state index < -0.39 is 29.4 Å². The van der Waals surface area contributed by atoms with E-state index in [1.807, 2.05) is 43.5 Å². The van der Waals surface area contributed by atoms with Gasteiger partial charge in [0.1, 0.15) is 0 Å². The van der Waals surface area contributed by atoms with Gasteiger partial charge in [0.05, 0.1) is 18.8 Å². The number of nitrogens with zero attached hydrogens (tertiary/aromatic N) is 2. The zero-order valence-electron chi connectivity index (χ0n) is 16.6. The van der Waals surface area contributed by atoms with E-state index in [9.17, 15) is 9.59 Å². The average molecular weight is 387 g/mol. The third-order valence-electron chi connectivity index (χ3n) is 4.74. The molecule has 2 heterocycles. The number of carbonyl (C=O) groups excluding carboxylic acids is 2. The van der Waals surface area contributed by atoms with Crippen LogP contribution in [0.2, 0.25) is 0 Å². The van der Waals surface area contributed by atoms with Gasteiger partial charge in [-0.2, -0.15) is 5.10 Å². The second kappa shape index (κ2) is 7.37. The number of carbonyl (C=O) groups is 2. The van der Waals surface area contributed by atoms with Gasteiger partial charge in [0.25, 0.3) is 5.91 Å². The molecule has 0 saturated carbocycles. The van der Waals surface area contributed by atoms with Crippen LogP contribution in [0, 0.1) is 0 Å². The fourth-order valence-electron chi connectivity index (χ4n) is 3.29. The molecular formula is C20H25N3O5. The zero-order valence-corrected chi connectivity index (χ0v) is 16.6. The van der Waals surface area contributed by atoms with Crippen molar-refractivity contribution in [3.8, 4) is 5.69 Å². The lowest BCUT2D eigenvalue weighted by molar-refractivity contribution is -0.174. The van der Waals surface area contributed by atoms with Gasteiger partial charge in [-0.15, -0.1) is 0 Å². The van der Waals surface area contributed by atoms with Crippen LogP contribution < -0.4 is 5.32 Å². The van der Waals surface area contributed by atoms with Crippen LogP contribution >= 0.6 is 0 Å². The van der Waals surface area contributed by atoms with Crippen molar-refractivity contribution in [3.63, 3.8) is 0 Å². The molecule has 2 aromatic rings. The molecule has 8 heteroatoms. The molecule has 0 bridgehead atoms. The highest BCUT2D eigenvalue weighted by atomic mass is 16.8. The summed E-state index contributed by atoms with van der Waals surface area (Å²) in [6.45, 7) is 6.70. The molecule has 1 fully saturated rings. The molecule has 28 heavy (non-hydrogen) atoms. The van der Waals surface area contributed by atoms with Crippen molar-refractivity contribution in [2.24, 2.45) is 0 Å². The number of rotatable bonds is 5. The first kappa shape index (κ1) is 20.0. The smallest absolute Gasteiger partial charge is 0.338 e. The molecule has 8 nitrogen and oxygen atoms in total. The number of hydrogen-bond donors (Lipinski definition) is 1. The lowest BCUT2D eigenvalue weighted by Crippen LogP contribution is -2.54. The standard InChI is InChI=1S/C20H25N3O5/c1-13(14-7-9-15(10-8-14)23-12-6-11-21-23)22-18(25)20(4)16(17(24)26-5)27-19(2,3)28-20/h6-13,16H,1-5H3,(H,22,25)/t13-,16+,20-/m1/s1. The third-order valence-corrected chi connectivity index (χ3v) is 4.74. The Hall–Kier alpha value is -2.71. The van der Waals surface area contributed by atoms with Crippen LogP contribution in [0.5, 0.6) is 0 Å². The summed E-state index contributed by atoms with van der Waals surface area (Å²) in [4.78, 5) is 25.1. The highest BCUT2D eigenvalue weighted by Gasteiger charge is 2.59. The third kappa shape index (κ3) is 3.79. The summed E-state index contributed by atoms with van der Waals surface area (Å²) >= 11 is 0. The monoisotopic (exact) mass is 387 g/mol. The Morgan fingerprint density at radius 1 is 1.25 bits per heavy atom. The number of benzene rings is 1. The molecule has 1 N–H and O–H groups in total. The lowest BCUT2D eigenvalue weighted by atomic mass is 9.97. The summed E-state index contributed by atoms with van der Waals surface area (Å²) in [7, 11) is 1.25. The molecule has 0 spiro atoms. The number of amides is 1. The number of hydrogen-bond acceptors (Lipinski definition) is 6. The average Bonchev–Trinajstić information content (AvgIpc) is 3.27. The Bertz CT molecular complexity index is 847. The molecule has 1 aliphatic heterocycles. The van der Waals surface area contributed by atoms with Gasteiger partial charge in [-0.3, -0.25) is 4.79 Å². The number of esters is 1. The molecule has 3 rings (SSSR count). The fraction of sp³-hybridized carbons (Fsp3) is 0.450. The van der Waals surface area contributed by atoms with Gasteiger partial charge in [0.15, 0.2) is 17.5 Å². The second-order valence-corrected chi connectivity index (χ2v) is 7.37. The summed E-state index contributed by atoms with van der Waals surface area (Å²) in [5, 5.41) is 7.10. The SMILES string of the molecule is COC(=O)[C@@H]1OC(C)(C)O[C@@]1(C)C(=O)N[C@H](C)c1ccc(-n2cccn2)cc1. The number of methoxy groups -OCH3 is 1. The highest BCUT2D eigenvalue weighted by Crippen LogP contribution is 2.37. The molecule has 3 atom stereocenters. The fourth-order valence-corrected chi connectivity index (χ4v) is 3.29. The van der Waals surface area contributed by atoms with Crippen LogP contribution in [-0.4, -0.2) is 46.3 Å². The molecule has 150 valence electrons. The summed E-state index contributed by atoms with van der Waals surface area (Å²) in [6, 6.07) is 9.21. The van der Waals surface area contributed by atoms with Gasteiger partial charge in [-0.05, 0) is 51.5 Å². The van der Waals surface area contributed by atoms with Gasteiger partial charge >= 0.3 is 5.97 Å². The first-order valence-corrected chi connectivity index (χ1v) is 9.03. The molecule has 1 amide bonds. The number of aromatic nitrogens is 2. The summed E-state index contributed by atoms with van der Waals surface area (Å²) in [5.41, 5.74) is 0.319. The quantitative estimate of drug-likeness (QED) is 0.791. The van der Waals surface area contributed by atoms with E-state index in [0.29, 0.717) is 0 Å². The topological polar surface area (TPSA) is 91.7 Å². The van der Waals surface area contributed by atoms with Gasteiger partial charge in [0, 0.05) is 12.4 Å². The molecule has 1 aliphatic rings. The van der Waals surface area contributed by atoms with Crippen molar-refractivity contribution < 1.29 is 23.8 Å². The lowest BCUT2D eigenvalue weighted by Gasteiger charge is -2.28. The van der Waals surface area contributed by atoms with Gasteiger partial charge < -0.3 is 19.5 Å². The minimum absolute atomic E-state index is 0.304. The minimum atomic E-state index is -1.50. The van der Waals surface area contributed by atoms with Crippen LogP contribution in [0.1, 0.15) is 39.3 Å².